The van der Waals surface area contributed by atoms with Gasteiger partial charge in [-0.2, -0.15) is 5.10 Å². The molecular weight excluding hydrogens is 224 g/mol. The molecule has 0 bridgehead atoms. The Kier molecular flexibility index (Phi) is 2.57. The van der Waals surface area contributed by atoms with Crippen molar-refractivity contribution in [2.45, 2.75) is 0 Å². The molecule has 0 aliphatic heterocycles. The number of primary amides is 1. The maximum Gasteiger partial charge on any atom is 0.339 e. The standard InChI is InChI=1S/C10H8N4O3/c11-8(15)7-3-5-14(13-7)9-6(10(16)17)2-1-4-12-9/h1-5H,(H2,11,15)(H,16,17). The molecule has 2 rings (SSSR count). The van der Waals surface area contributed by atoms with Crippen LogP contribution in [0, 0.1) is 0 Å². The Balaban J connectivity index is 2.52. The molecule has 0 saturated carbocycles. The zero-order valence-corrected chi connectivity index (χ0v) is 8.57. The molecule has 0 unspecified atom stereocenters. The van der Waals surface area contributed by atoms with Gasteiger partial charge >= 0.3 is 5.97 Å². The molecule has 0 fully saturated rings. The maximum absolute atomic E-state index is 11.0. The first-order chi connectivity index (χ1) is 8.09. The lowest BCUT2D eigenvalue weighted by Crippen LogP contribution is -2.13. The van der Waals surface area contributed by atoms with Crippen molar-refractivity contribution in [3.05, 3.63) is 41.9 Å². The summed E-state index contributed by atoms with van der Waals surface area (Å²) < 4.78 is 1.20. The van der Waals surface area contributed by atoms with Crippen LogP contribution in [0.15, 0.2) is 30.6 Å². The zero-order valence-electron chi connectivity index (χ0n) is 8.57. The number of nitrogens with two attached hydrogens (primary N) is 1. The van der Waals surface area contributed by atoms with Crippen molar-refractivity contribution in [2.75, 3.05) is 0 Å². The van der Waals surface area contributed by atoms with Gasteiger partial charge < -0.3 is 10.8 Å². The van der Waals surface area contributed by atoms with Crippen molar-refractivity contribution >= 4 is 11.9 Å². The number of carbonyl (C=O) groups is 2. The van der Waals surface area contributed by atoms with E-state index in [1.165, 1.54) is 35.3 Å². The molecule has 3 N–H and O–H groups in total. The van der Waals surface area contributed by atoms with Crippen LogP contribution in [-0.2, 0) is 0 Å². The second kappa shape index (κ2) is 4.05. The molecule has 17 heavy (non-hydrogen) atoms. The molecule has 2 heterocycles. The molecule has 0 atom stereocenters. The molecular formula is C10H8N4O3. The molecule has 0 spiro atoms. The lowest BCUT2D eigenvalue weighted by Gasteiger charge is -2.03. The number of aromatic nitrogens is 3. The molecule has 1 amide bonds. The van der Waals surface area contributed by atoms with E-state index in [0.717, 1.165) is 0 Å². The minimum absolute atomic E-state index is 0.00776. The third-order valence-electron chi connectivity index (χ3n) is 2.08. The van der Waals surface area contributed by atoms with E-state index in [1.54, 1.807) is 0 Å². The number of carboxylic acid groups (broad SMARTS) is 1. The van der Waals surface area contributed by atoms with E-state index in [0.29, 0.717) is 0 Å². The zero-order chi connectivity index (χ0) is 12.4. The van der Waals surface area contributed by atoms with E-state index in [1.807, 2.05) is 0 Å². The number of aromatic carboxylic acids is 1. The summed E-state index contributed by atoms with van der Waals surface area (Å²) in [7, 11) is 0. The molecule has 0 radical (unpaired) electrons. The van der Waals surface area contributed by atoms with Gasteiger partial charge in [0.1, 0.15) is 11.3 Å². The Bertz CT molecular complexity index is 591. The lowest BCUT2D eigenvalue weighted by atomic mass is 10.2. The van der Waals surface area contributed by atoms with Gasteiger partial charge in [-0.3, -0.25) is 4.79 Å². The van der Waals surface area contributed by atoms with Crippen LogP contribution in [0.25, 0.3) is 5.82 Å². The fraction of sp³-hybridized carbons (Fsp3) is 0. The van der Waals surface area contributed by atoms with Gasteiger partial charge in [0.15, 0.2) is 5.82 Å². The van der Waals surface area contributed by atoms with Crippen LogP contribution in [-0.4, -0.2) is 31.7 Å². The number of carbonyl (C=O) groups excluding carboxylic acids is 1. The predicted molar refractivity (Wildman–Crippen MR) is 56.8 cm³/mol. The van der Waals surface area contributed by atoms with E-state index in [-0.39, 0.29) is 17.1 Å². The van der Waals surface area contributed by atoms with Crippen LogP contribution in [0.3, 0.4) is 0 Å². The number of nitrogens with zero attached hydrogens (tertiary/aromatic N) is 3. The van der Waals surface area contributed by atoms with Crippen LogP contribution in [0.2, 0.25) is 0 Å². The molecule has 0 saturated heterocycles. The highest BCUT2D eigenvalue weighted by Gasteiger charge is 2.14. The summed E-state index contributed by atoms with van der Waals surface area (Å²) >= 11 is 0. The van der Waals surface area contributed by atoms with Crippen molar-refractivity contribution in [3.63, 3.8) is 0 Å². The minimum atomic E-state index is -1.12. The maximum atomic E-state index is 11.0. The molecule has 0 aliphatic rings. The number of amides is 1. The second-order valence-corrected chi connectivity index (χ2v) is 3.19. The van der Waals surface area contributed by atoms with Crippen molar-refractivity contribution in [1.82, 2.24) is 14.8 Å². The number of pyridine rings is 1. The number of hydrogen-bond acceptors (Lipinski definition) is 4. The fourth-order valence-corrected chi connectivity index (χ4v) is 1.32. The van der Waals surface area contributed by atoms with Gasteiger partial charge in [-0.05, 0) is 18.2 Å². The van der Waals surface area contributed by atoms with Gasteiger partial charge in [0.2, 0.25) is 0 Å². The third kappa shape index (κ3) is 1.98. The second-order valence-electron chi connectivity index (χ2n) is 3.19. The molecule has 0 aliphatic carbocycles. The van der Waals surface area contributed by atoms with Crippen LogP contribution < -0.4 is 5.73 Å². The van der Waals surface area contributed by atoms with Gasteiger partial charge in [0.05, 0.1) is 0 Å². The molecule has 86 valence electrons. The number of rotatable bonds is 3. The van der Waals surface area contributed by atoms with E-state index >= 15 is 0 Å². The Morgan fingerprint density at radius 1 is 1.35 bits per heavy atom. The smallest absolute Gasteiger partial charge is 0.339 e. The van der Waals surface area contributed by atoms with E-state index in [2.05, 4.69) is 10.1 Å². The Hall–Kier alpha value is -2.70. The summed E-state index contributed by atoms with van der Waals surface area (Å²) in [6.07, 6.45) is 2.86. The lowest BCUT2D eigenvalue weighted by molar-refractivity contribution is 0.0696. The quantitative estimate of drug-likeness (QED) is 0.777. The third-order valence-corrected chi connectivity index (χ3v) is 2.08. The Morgan fingerprint density at radius 2 is 2.12 bits per heavy atom. The van der Waals surface area contributed by atoms with Crippen LogP contribution in [0.4, 0.5) is 0 Å². The van der Waals surface area contributed by atoms with Crippen molar-refractivity contribution in [2.24, 2.45) is 5.73 Å². The molecule has 2 aromatic heterocycles. The van der Waals surface area contributed by atoms with Gasteiger partial charge in [-0.15, -0.1) is 0 Å². The van der Waals surface area contributed by atoms with Crippen LogP contribution >= 0.6 is 0 Å². The van der Waals surface area contributed by atoms with Gasteiger partial charge in [0, 0.05) is 12.4 Å². The van der Waals surface area contributed by atoms with Crippen molar-refractivity contribution < 1.29 is 14.7 Å². The van der Waals surface area contributed by atoms with Crippen molar-refractivity contribution in [1.29, 1.82) is 0 Å². The van der Waals surface area contributed by atoms with E-state index in [9.17, 15) is 9.59 Å². The predicted octanol–water partition coefficient (Wildman–Crippen LogP) is 0.0644. The normalized spacial score (nSPS) is 10.1. The average Bonchev–Trinajstić information content (AvgIpc) is 2.78. The summed E-state index contributed by atoms with van der Waals surface area (Å²) in [6, 6.07) is 4.30. The molecule has 7 heteroatoms. The van der Waals surface area contributed by atoms with Crippen LogP contribution in [0.5, 0.6) is 0 Å². The summed E-state index contributed by atoms with van der Waals surface area (Å²) in [6.45, 7) is 0. The molecule has 2 aromatic rings. The van der Waals surface area contributed by atoms with Gasteiger partial charge in [0.25, 0.3) is 5.91 Å². The summed E-state index contributed by atoms with van der Waals surface area (Å²) in [5, 5.41) is 12.8. The summed E-state index contributed by atoms with van der Waals surface area (Å²) in [5.74, 6) is -1.67. The highest BCUT2D eigenvalue weighted by atomic mass is 16.4. The highest BCUT2D eigenvalue weighted by molar-refractivity contribution is 5.92. The molecule has 0 aromatic carbocycles. The van der Waals surface area contributed by atoms with E-state index < -0.39 is 11.9 Å². The first-order valence-electron chi connectivity index (χ1n) is 4.64. The van der Waals surface area contributed by atoms with Gasteiger partial charge in [-0.1, -0.05) is 0 Å². The van der Waals surface area contributed by atoms with E-state index in [4.69, 9.17) is 10.8 Å². The first-order valence-corrected chi connectivity index (χ1v) is 4.64. The van der Waals surface area contributed by atoms with Crippen molar-refractivity contribution in [3.8, 4) is 5.82 Å². The monoisotopic (exact) mass is 232 g/mol. The Morgan fingerprint density at radius 3 is 2.71 bits per heavy atom. The highest BCUT2D eigenvalue weighted by Crippen LogP contribution is 2.10. The van der Waals surface area contributed by atoms with Crippen LogP contribution in [0.1, 0.15) is 20.8 Å². The number of carboxylic acids is 1. The molecule has 7 nitrogen and oxygen atoms in total. The minimum Gasteiger partial charge on any atom is -0.478 e. The SMILES string of the molecule is NC(=O)c1ccn(-c2ncccc2C(=O)O)n1. The fourth-order valence-electron chi connectivity index (χ4n) is 1.32. The first kappa shape index (κ1) is 10.8. The summed E-state index contributed by atoms with van der Waals surface area (Å²) in [4.78, 5) is 25.7. The van der Waals surface area contributed by atoms with Gasteiger partial charge in [-0.25, -0.2) is 14.5 Å². The summed E-state index contributed by atoms with van der Waals surface area (Å²) in [5.41, 5.74) is 5.09. The largest absolute Gasteiger partial charge is 0.478 e. The average molecular weight is 232 g/mol. The topological polar surface area (TPSA) is 111 Å². The number of hydrogen-bond donors (Lipinski definition) is 2. The Labute approximate surface area is 95.5 Å².